The van der Waals surface area contributed by atoms with Crippen molar-refractivity contribution in [1.82, 2.24) is 4.98 Å². The van der Waals surface area contributed by atoms with Gasteiger partial charge in [0.15, 0.2) is 0 Å². The number of esters is 1. The van der Waals surface area contributed by atoms with Crippen molar-refractivity contribution < 1.29 is 19.1 Å². The number of hydrogen-bond acceptors (Lipinski definition) is 6. The molecule has 154 valence electrons. The van der Waals surface area contributed by atoms with Gasteiger partial charge < -0.3 is 14.8 Å². The van der Waals surface area contributed by atoms with Gasteiger partial charge in [0.1, 0.15) is 21.4 Å². The third-order valence-electron chi connectivity index (χ3n) is 4.35. The highest BCUT2D eigenvalue weighted by atomic mass is 32.1. The number of rotatable bonds is 6. The van der Waals surface area contributed by atoms with Gasteiger partial charge in [-0.3, -0.25) is 4.79 Å². The van der Waals surface area contributed by atoms with Gasteiger partial charge in [-0.05, 0) is 54.6 Å². The summed E-state index contributed by atoms with van der Waals surface area (Å²) in [5, 5.41) is 3.50. The molecule has 0 saturated carbocycles. The van der Waals surface area contributed by atoms with Crippen LogP contribution >= 0.6 is 11.3 Å². The molecule has 0 saturated heterocycles. The van der Waals surface area contributed by atoms with E-state index in [4.69, 9.17) is 9.47 Å². The van der Waals surface area contributed by atoms with Crippen molar-refractivity contribution in [2.45, 2.75) is 0 Å². The second-order valence-electron chi connectivity index (χ2n) is 6.50. The largest absolute Gasteiger partial charge is 0.465 e. The molecule has 0 aliphatic carbocycles. The van der Waals surface area contributed by atoms with E-state index in [9.17, 15) is 9.59 Å². The Kier molecular flexibility index (Phi) is 6.05. The quantitative estimate of drug-likeness (QED) is 0.401. The van der Waals surface area contributed by atoms with Crippen molar-refractivity contribution in [2.24, 2.45) is 0 Å². The predicted octanol–water partition coefficient (Wildman–Crippen LogP) is 5.64. The van der Waals surface area contributed by atoms with Crippen molar-refractivity contribution in [3.05, 3.63) is 95.5 Å². The molecule has 0 aliphatic heterocycles. The van der Waals surface area contributed by atoms with Gasteiger partial charge in [0.25, 0.3) is 5.91 Å². The van der Waals surface area contributed by atoms with Crippen molar-refractivity contribution >= 4 is 28.9 Å². The highest BCUT2D eigenvalue weighted by molar-refractivity contribution is 7.17. The van der Waals surface area contributed by atoms with Crippen LogP contribution < -0.4 is 10.1 Å². The lowest BCUT2D eigenvalue weighted by Gasteiger charge is -2.06. The lowest BCUT2D eigenvalue weighted by atomic mass is 10.2. The Labute approximate surface area is 183 Å². The molecule has 0 radical (unpaired) electrons. The summed E-state index contributed by atoms with van der Waals surface area (Å²) in [4.78, 5) is 29.1. The zero-order valence-electron chi connectivity index (χ0n) is 16.6. The van der Waals surface area contributed by atoms with Gasteiger partial charge >= 0.3 is 5.97 Å². The first kappa shape index (κ1) is 20.3. The highest BCUT2D eigenvalue weighted by Crippen LogP contribution is 2.29. The number of ether oxygens (including phenoxy) is 2. The van der Waals surface area contributed by atoms with E-state index < -0.39 is 5.97 Å². The van der Waals surface area contributed by atoms with Crippen LogP contribution in [0.2, 0.25) is 0 Å². The SMILES string of the molecule is COC(=O)c1cccc(NC(=O)c2cnc(-c3ccc(Oc4ccccc4)cc3)s2)c1. The number of amides is 1. The number of aromatic nitrogens is 1. The smallest absolute Gasteiger partial charge is 0.337 e. The maximum atomic E-state index is 12.6. The molecule has 0 aliphatic rings. The summed E-state index contributed by atoms with van der Waals surface area (Å²) in [6.45, 7) is 0. The fraction of sp³-hybridized carbons (Fsp3) is 0.0417. The fourth-order valence-corrected chi connectivity index (χ4v) is 3.65. The zero-order chi connectivity index (χ0) is 21.6. The normalized spacial score (nSPS) is 10.4. The summed E-state index contributed by atoms with van der Waals surface area (Å²) in [7, 11) is 1.31. The standard InChI is InChI=1S/C24H18N2O4S/c1-29-24(28)17-6-5-7-18(14-17)26-22(27)21-15-25-23(31-21)16-10-12-20(13-11-16)30-19-8-3-2-4-9-19/h2-15H,1H3,(H,26,27). The number of benzene rings is 3. The molecule has 1 N–H and O–H groups in total. The van der Waals surface area contributed by atoms with Gasteiger partial charge in [-0.25, -0.2) is 9.78 Å². The van der Waals surface area contributed by atoms with Crippen molar-refractivity contribution in [3.63, 3.8) is 0 Å². The van der Waals surface area contributed by atoms with E-state index in [2.05, 4.69) is 10.3 Å². The molecule has 31 heavy (non-hydrogen) atoms. The fourth-order valence-electron chi connectivity index (χ4n) is 2.84. The minimum atomic E-state index is -0.462. The predicted molar refractivity (Wildman–Crippen MR) is 120 cm³/mol. The maximum absolute atomic E-state index is 12.6. The highest BCUT2D eigenvalue weighted by Gasteiger charge is 2.13. The Bertz CT molecular complexity index is 1200. The molecule has 0 bridgehead atoms. The van der Waals surface area contributed by atoms with E-state index in [0.717, 1.165) is 22.1 Å². The average molecular weight is 430 g/mol. The van der Waals surface area contributed by atoms with Crippen molar-refractivity contribution in [2.75, 3.05) is 12.4 Å². The van der Waals surface area contributed by atoms with E-state index in [-0.39, 0.29) is 5.91 Å². The average Bonchev–Trinajstić information content (AvgIpc) is 3.30. The summed E-state index contributed by atoms with van der Waals surface area (Å²) in [5.41, 5.74) is 1.76. The zero-order valence-corrected chi connectivity index (χ0v) is 17.4. The van der Waals surface area contributed by atoms with Crippen LogP contribution in [0.15, 0.2) is 85.1 Å². The van der Waals surface area contributed by atoms with E-state index >= 15 is 0 Å². The first-order valence-corrected chi connectivity index (χ1v) is 10.2. The van der Waals surface area contributed by atoms with Gasteiger partial charge in [0, 0.05) is 11.3 Å². The van der Waals surface area contributed by atoms with Gasteiger partial charge in [-0.15, -0.1) is 11.3 Å². The Balaban J connectivity index is 1.44. The van der Waals surface area contributed by atoms with Crippen LogP contribution in [0.3, 0.4) is 0 Å². The van der Waals surface area contributed by atoms with Crippen LogP contribution in [0.1, 0.15) is 20.0 Å². The molecule has 1 heterocycles. The molecule has 4 rings (SSSR count). The first-order valence-electron chi connectivity index (χ1n) is 9.41. The summed E-state index contributed by atoms with van der Waals surface area (Å²) in [5.74, 6) is 0.723. The second kappa shape index (κ2) is 9.23. The Hall–Kier alpha value is -3.97. The van der Waals surface area contributed by atoms with Gasteiger partial charge in [-0.1, -0.05) is 24.3 Å². The number of para-hydroxylation sites is 1. The lowest BCUT2D eigenvalue weighted by molar-refractivity contribution is 0.0600. The summed E-state index contributed by atoms with van der Waals surface area (Å²) in [6.07, 6.45) is 1.54. The van der Waals surface area contributed by atoms with Gasteiger partial charge in [-0.2, -0.15) is 0 Å². The van der Waals surface area contributed by atoms with E-state index in [1.165, 1.54) is 24.6 Å². The number of carbonyl (C=O) groups is 2. The lowest BCUT2D eigenvalue weighted by Crippen LogP contribution is -2.11. The number of thiazole rings is 1. The molecule has 1 amide bonds. The van der Waals surface area contributed by atoms with Crippen LogP contribution in [0.4, 0.5) is 5.69 Å². The topological polar surface area (TPSA) is 77.5 Å². The Morgan fingerprint density at radius 3 is 2.39 bits per heavy atom. The summed E-state index contributed by atoms with van der Waals surface area (Å²) < 4.78 is 10.5. The summed E-state index contributed by atoms with van der Waals surface area (Å²) >= 11 is 1.28. The maximum Gasteiger partial charge on any atom is 0.337 e. The van der Waals surface area contributed by atoms with Gasteiger partial charge in [0.05, 0.1) is 18.9 Å². The van der Waals surface area contributed by atoms with Crippen LogP contribution in [0.25, 0.3) is 10.6 Å². The molecule has 7 heteroatoms. The monoisotopic (exact) mass is 430 g/mol. The minimum Gasteiger partial charge on any atom is -0.465 e. The molecule has 1 aromatic heterocycles. The minimum absolute atomic E-state index is 0.296. The number of carbonyl (C=O) groups excluding carboxylic acids is 2. The number of nitrogens with zero attached hydrogens (tertiary/aromatic N) is 1. The third kappa shape index (κ3) is 4.96. The Morgan fingerprint density at radius 2 is 1.65 bits per heavy atom. The molecule has 4 aromatic rings. The number of methoxy groups -OCH3 is 1. The first-order chi connectivity index (χ1) is 15.1. The molecular weight excluding hydrogens is 412 g/mol. The molecule has 0 unspecified atom stereocenters. The van der Waals surface area contributed by atoms with E-state index in [1.54, 1.807) is 24.3 Å². The van der Waals surface area contributed by atoms with E-state index in [1.807, 2.05) is 54.6 Å². The third-order valence-corrected chi connectivity index (χ3v) is 5.40. The second-order valence-corrected chi connectivity index (χ2v) is 7.53. The van der Waals surface area contributed by atoms with Crippen LogP contribution in [-0.2, 0) is 4.74 Å². The molecule has 3 aromatic carbocycles. The van der Waals surface area contributed by atoms with Crippen molar-refractivity contribution in [1.29, 1.82) is 0 Å². The number of nitrogens with one attached hydrogen (secondary N) is 1. The number of anilines is 1. The van der Waals surface area contributed by atoms with Crippen LogP contribution in [0.5, 0.6) is 11.5 Å². The molecule has 6 nitrogen and oxygen atoms in total. The molecular formula is C24H18N2O4S. The molecule has 0 fully saturated rings. The van der Waals surface area contributed by atoms with Crippen molar-refractivity contribution in [3.8, 4) is 22.1 Å². The molecule has 0 atom stereocenters. The van der Waals surface area contributed by atoms with Crippen LogP contribution in [0, 0.1) is 0 Å². The summed E-state index contributed by atoms with van der Waals surface area (Å²) in [6, 6.07) is 23.6. The molecule has 0 spiro atoms. The number of hydrogen-bond donors (Lipinski definition) is 1. The van der Waals surface area contributed by atoms with Gasteiger partial charge in [0.2, 0.25) is 0 Å². The van der Waals surface area contributed by atoms with Crippen LogP contribution in [-0.4, -0.2) is 24.0 Å². The Morgan fingerprint density at radius 1 is 0.903 bits per heavy atom. The van der Waals surface area contributed by atoms with E-state index in [0.29, 0.717) is 16.1 Å².